The molecule has 0 aromatic heterocycles. The number of primary sulfonamides is 1. The minimum absolute atomic E-state index is 0.0346. The highest BCUT2D eigenvalue weighted by Crippen LogP contribution is 2.16. The number of rotatable bonds is 6. The third-order valence-electron chi connectivity index (χ3n) is 2.10. The summed E-state index contributed by atoms with van der Waals surface area (Å²) in [6.45, 7) is 1.11. The van der Waals surface area contributed by atoms with E-state index < -0.39 is 10.0 Å². The van der Waals surface area contributed by atoms with Gasteiger partial charge in [-0.2, -0.15) is 0 Å². The second kappa shape index (κ2) is 6.44. The van der Waals surface area contributed by atoms with Crippen molar-refractivity contribution in [1.82, 2.24) is 5.32 Å². The van der Waals surface area contributed by atoms with Crippen LogP contribution in [0.1, 0.15) is 12.0 Å². The number of hydrogen-bond acceptors (Lipinski definition) is 3. The van der Waals surface area contributed by atoms with Gasteiger partial charge < -0.3 is 5.32 Å². The van der Waals surface area contributed by atoms with Gasteiger partial charge in [-0.1, -0.05) is 6.07 Å². The molecular formula is C10H14BrFN2O2S. The van der Waals surface area contributed by atoms with Crippen LogP contribution in [0.15, 0.2) is 22.7 Å². The summed E-state index contributed by atoms with van der Waals surface area (Å²) >= 11 is 3.10. The zero-order chi connectivity index (χ0) is 12.9. The monoisotopic (exact) mass is 324 g/mol. The van der Waals surface area contributed by atoms with Gasteiger partial charge in [-0.3, -0.25) is 0 Å². The Kier molecular flexibility index (Phi) is 5.51. The van der Waals surface area contributed by atoms with Gasteiger partial charge >= 0.3 is 0 Å². The molecule has 0 saturated carbocycles. The first-order valence-corrected chi connectivity index (χ1v) is 7.54. The summed E-state index contributed by atoms with van der Waals surface area (Å²) in [5.41, 5.74) is 0.925. The van der Waals surface area contributed by atoms with Crippen molar-refractivity contribution in [2.75, 3.05) is 12.3 Å². The lowest BCUT2D eigenvalue weighted by Gasteiger charge is -2.05. The van der Waals surface area contributed by atoms with Crippen molar-refractivity contribution in [3.63, 3.8) is 0 Å². The second-order valence-electron chi connectivity index (χ2n) is 3.65. The Morgan fingerprint density at radius 3 is 2.71 bits per heavy atom. The molecule has 4 nitrogen and oxygen atoms in total. The number of sulfonamides is 1. The highest BCUT2D eigenvalue weighted by molar-refractivity contribution is 9.10. The minimum Gasteiger partial charge on any atom is -0.313 e. The number of nitrogens with one attached hydrogen (secondary N) is 1. The number of halogens is 2. The SMILES string of the molecule is NS(=O)(=O)CCCNCc1ccc(F)c(Br)c1. The summed E-state index contributed by atoms with van der Waals surface area (Å²) in [5.74, 6) is -0.337. The van der Waals surface area contributed by atoms with Crippen molar-refractivity contribution in [2.24, 2.45) is 5.14 Å². The van der Waals surface area contributed by atoms with Crippen LogP contribution in [0, 0.1) is 5.82 Å². The van der Waals surface area contributed by atoms with Crippen molar-refractivity contribution < 1.29 is 12.8 Å². The van der Waals surface area contributed by atoms with E-state index in [1.807, 2.05) is 0 Å². The van der Waals surface area contributed by atoms with Gasteiger partial charge in [0.15, 0.2) is 0 Å². The molecule has 0 aliphatic carbocycles. The normalized spacial score (nSPS) is 11.7. The molecule has 1 aromatic rings. The van der Waals surface area contributed by atoms with Crippen LogP contribution < -0.4 is 10.5 Å². The van der Waals surface area contributed by atoms with Crippen LogP contribution in [0.5, 0.6) is 0 Å². The third-order valence-corrected chi connectivity index (χ3v) is 3.56. The Bertz CT molecular complexity index is 479. The van der Waals surface area contributed by atoms with E-state index >= 15 is 0 Å². The molecule has 1 rings (SSSR count). The van der Waals surface area contributed by atoms with Gasteiger partial charge in [-0.05, 0) is 46.6 Å². The fourth-order valence-electron chi connectivity index (χ4n) is 1.28. The molecule has 0 saturated heterocycles. The maximum atomic E-state index is 12.9. The molecule has 0 bridgehead atoms. The Hall–Kier alpha value is -0.500. The quantitative estimate of drug-likeness (QED) is 0.776. The fourth-order valence-corrected chi connectivity index (χ4v) is 2.25. The highest BCUT2D eigenvalue weighted by Gasteiger charge is 2.02. The lowest BCUT2D eigenvalue weighted by Crippen LogP contribution is -2.22. The summed E-state index contributed by atoms with van der Waals surface area (Å²) in [6, 6.07) is 4.74. The molecule has 1 aromatic carbocycles. The van der Waals surface area contributed by atoms with Crippen molar-refractivity contribution in [3.8, 4) is 0 Å². The van der Waals surface area contributed by atoms with Crippen LogP contribution in [-0.4, -0.2) is 20.7 Å². The smallest absolute Gasteiger partial charge is 0.209 e. The van der Waals surface area contributed by atoms with Crippen LogP contribution in [0.25, 0.3) is 0 Å². The zero-order valence-electron chi connectivity index (χ0n) is 9.12. The average molecular weight is 325 g/mol. The van der Waals surface area contributed by atoms with Crippen LogP contribution >= 0.6 is 15.9 Å². The van der Waals surface area contributed by atoms with Crippen LogP contribution in [0.3, 0.4) is 0 Å². The van der Waals surface area contributed by atoms with Crippen LogP contribution in [0.4, 0.5) is 4.39 Å². The van der Waals surface area contributed by atoms with Gasteiger partial charge in [0.05, 0.1) is 10.2 Å². The first-order valence-electron chi connectivity index (χ1n) is 5.03. The lowest BCUT2D eigenvalue weighted by atomic mass is 10.2. The summed E-state index contributed by atoms with van der Waals surface area (Å²) in [5, 5.41) is 7.92. The summed E-state index contributed by atoms with van der Waals surface area (Å²) in [4.78, 5) is 0. The van der Waals surface area contributed by atoms with Crippen molar-refractivity contribution in [2.45, 2.75) is 13.0 Å². The third kappa shape index (κ3) is 6.11. The van der Waals surface area contributed by atoms with E-state index in [9.17, 15) is 12.8 Å². The summed E-state index contributed by atoms with van der Waals surface area (Å²) in [7, 11) is -3.38. The highest BCUT2D eigenvalue weighted by atomic mass is 79.9. The predicted octanol–water partition coefficient (Wildman–Crippen LogP) is 1.36. The molecule has 0 unspecified atom stereocenters. The molecule has 0 aliphatic rings. The molecule has 0 spiro atoms. The van der Waals surface area contributed by atoms with Gasteiger partial charge in [0.25, 0.3) is 0 Å². The maximum Gasteiger partial charge on any atom is 0.209 e. The van der Waals surface area contributed by atoms with E-state index in [-0.39, 0.29) is 11.6 Å². The van der Waals surface area contributed by atoms with Crippen LogP contribution in [0.2, 0.25) is 0 Å². The Balaban J connectivity index is 2.29. The topological polar surface area (TPSA) is 72.2 Å². The molecule has 0 atom stereocenters. The van der Waals surface area contributed by atoms with Gasteiger partial charge in [-0.15, -0.1) is 0 Å². The van der Waals surface area contributed by atoms with E-state index in [2.05, 4.69) is 21.2 Å². The van der Waals surface area contributed by atoms with E-state index in [1.165, 1.54) is 6.07 Å². The molecular weight excluding hydrogens is 311 g/mol. The molecule has 96 valence electrons. The van der Waals surface area contributed by atoms with Gasteiger partial charge in [-0.25, -0.2) is 17.9 Å². The molecule has 7 heteroatoms. The molecule has 0 heterocycles. The van der Waals surface area contributed by atoms with Crippen molar-refractivity contribution in [3.05, 3.63) is 34.1 Å². The van der Waals surface area contributed by atoms with Crippen molar-refractivity contribution in [1.29, 1.82) is 0 Å². The second-order valence-corrected chi connectivity index (χ2v) is 6.23. The molecule has 0 fully saturated rings. The Labute approximate surface area is 109 Å². The fraction of sp³-hybridized carbons (Fsp3) is 0.400. The van der Waals surface area contributed by atoms with Crippen LogP contribution in [-0.2, 0) is 16.6 Å². The Morgan fingerprint density at radius 2 is 2.12 bits per heavy atom. The van der Waals surface area contributed by atoms with Gasteiger partial charge in [0.2, 0.25) is 10.0 Å². The van der Waals surface area contributed by atoms with E-state index in [4.69, 9.17) is 5.14 Å². The summed E-state index contributed by atoms with van der Waals surface area (Å²) < 4.78 is 34.6. The molecule has 0 radical (unpaired) electrons. The first-order chi connectivity index (χ1) is 7.88. The van der Waals surface area contributed by atoms with Gasteiger partial charge in [0.1, 0.15) is 5.82 Å². The average Bonchev–Trinajstić information content (AvgIpc) is 2.21. The number of hydrogen-bond donors (Lipinski definition) is 2. The number of nitrogens with two attached hydrogens (primary N) is 1. The molecule has 0 aliphatic heterocycles. The maximum absolute atomic E-state index is 12.9. The molecule has 0 amide bonds. The predicted molar refractivity (Wildman–Crippen MR) is 68.4 cm³/mol. The Morgan fingerprint density at radius 1 is 1.41 bits per heavy atom. The molecule has 17 heavy (non-hydrogen) atoms. The standard InChI is InChI=1S/C10H14BrFN2O2S/c11-9-6-8(2-3-10(9)12)7-14-4-1-5-17(13,15)16/h2-3,6,14H,1,4-5,7H2,(H2,13,15,16). The summed E-state index contributed by atoms with van der Waals surface area (Å²) in [6.07, 6.45) is 0.460. The van der Waals surface area contributed by atoms with E-state index in [1.54, 1.807) is 12.1 Å². The molecule has 3 N–H and O–H groups in total. The van der Waals surface area contributed by atoms with Crippen molar-refractivity contribution >= 4 is 26.0 Å². The van der Waals surface area contributed by atoms with E-state index in [0.29, 0.717) is 24.0 Å². The first kappa shape index (κ1) is 14.6. The van der Waals surface area contributed by atoms with E-state index in [0.717, 1.165) is 5.56 Å². The minimum atomic E-state index is -3.38. The lowest BCUT2D eigenvalue weighted by molar-refractivity contribution is 0.590. The largest absolute Gasteiger partial charge is 0.313 e. The zero-order valence-corrected chi connectivity index (χ0v) is 11.5. The number of benzene rings is 1. The van der Waals surface area contributed by atoms with Gasteiger partial charge in [0, 0.05) is 6.54 Å².